The molecule has 6 aromatic carbocycles. The molecule has 0 atom stereocenters. The number of aryl methyl sites for hydroxylation is 2. The number of fused-ring (bicyclic) bond motifs is 2. The van der Waals surface area contributed by atoms with Crippen LogP contribution in [0.2, 0.25) is 13.1 Å². The van der Waals surface area contributed by atoms with Crippen LogP contribution in [-0.4, -0.2) is 9.52 Å². The van der Waals surface area contributed by atoms with Crippen molar-refractivity contribution in [3.8, 4) is 22.3 Å². The van der Waals surface area contributed by atoms with Gasteiger partial charge in [0.05, 0.1) is 22.3 Å². The Hall–Kier alpha value is -3.06. The first-order chi connectivity index (χ1) is 28.5. The monoisotopic (exact) mass is 1010 g/mol. The quantitative estimate of drug-likeness (QED) is 0.0886. The first-order valence-electron chi connectivity index (χ1n) is 19.1. The Bertz CT molecular complexity index is 2170. The molecule has 0 nitrogen and oxygen atoms in total. The van der Waals surface area contributed by atoms with Crippen molar-refractivity contribution < 1.29 is 73.5 Å². The van der Waals surface area contributed by atoms with E-state index in [4.69, 9.17) is 17.0 Å². The summed E-state index contributed by atoms with van der Waals surface area (Å²) >= 11 is -0.826. The van der Waals surface area contributed by atoms with Gasteiger partial charge < -0.3 is 0 Å². The topological polar surface area (TPSA) is 0 Å². The minimum absolute atomic E-state index is 0.0769. The molecule has 0 bridgehead atoms. The van der Waals surface area contributed by atoms with Gasteiger partial charge in [-0.25, -0.2) is 0 Å². The maximum atomic E-state index is 13.2. The van der Waals surface area contributed by atoms with Crippen molar-refractivity contribution in [2.24, 2.45) is 11.8 Å². The van der Waals surface area contributed by atoms with E-state index in [9.17, 15) is 52.7 Å². The summed E-state index contributed by atoms with van der Waals surface area (Å²) < 4.78 is 159. The zero-order valence-corrected chi connectivity index (χ0v) is 39.9. The number of rotatable bonds is 6. The summed E-state index contributed by atoms with van der Waals surface area (Å²) in [5.74, 6) is 0.762. The molecule has 0 saturated heterocycles. The van der Waals surface area contributed by atoms with Crippen LogP contribution in [0, 0.1) is 25.7 Å². The van der Waals surface area contributed by atoms with Gasteiger partial charge in [-0.15, -0.1) is 69.1 Å². The van der Waals surface area contributed by atoms with Crippen LogP contribution in [-0.2, 0) is 58.4 Å². The van der Waals surface area contributed by atoms with Gasteiger partial charge in [0, 0.05) is 9.52 Å². The second-order valence-electron chi connectivity index (χ2n) is 15.6. The number of hydrogen-bond donors (Lipinski definition) is 0. The van der Waals surface area contributed by atoms with Crippen molar-refractivity contribution in [3.63, 3.8) is 0 Å². The normalized spacial score (nSPS) is 12.1. The molecule has 6 rings (SSSR count). The number of hydrogen-bond acceptors (Lipinski definition) is 0. The Balaban J connectivity index is 0.000000293. The molecular weight excluding hydrogens is 971 g/mol. The van der Waals surface area contributed by atoms with Crippen LogP contribution in [0.25, 0.3) is 43.8 Å². The molecular formula is C46H44Cl2F12SiZr. The van der Waals surface area contributed by atoms with E-state index in [1.165, 1.54) is 0 Å². The van der Waals surface area contributed by atoms with Crippen molar-refractivity contribution in [2.75, 3.05) is 0 Å². The molecule has 0 spiro atoms. The second-order valence-corrected chi connectivity index (χ2v) is 20.3. The Kier molecular flexibility index (Phi) is 18.7. The van der Waals surface area contributed by atoms with E-state index in [1.807, 2.05) is 64.1 Å². The van der Waals surface area contributed by atoms with Gasteiger partial charge in [-0.3, -0.25) is 0 Å². The first kappa shape index (κ1) is 53.3. The van der Waals surface area contributed by atoms with Crippen LogP contribution < -0.4 is 0 Å². The van der Waals surface area contributed by atoms with Gasteiger partial charge in [-0.1, -0.05) is 63.0 Å². The molecule has 62 heavy (non-hydrogen) atoms. The zero-order valence-electron chi connectivity index (χ0n) is 34.9. The maximum absolute atomic E-state index is 13.2. The average Bonchev–Trinajstić information content (AvgIpc) is 3.73. The molecule has 0 saturated carbocycles. The fourth-order valence-electron chi connectivity index (χ4n) is 7.05. The van der Waals surface area contributed by atoms with Crippen LogP contribution >= 0.6 is 17.0 Å². The summed E-state index contributed by atoms with van der Waals surface area (Å²) in [6.45, 7) is 15.9. The molecule has 0 amide bonds. The zero-order chi connectivity index (χ0) is 47.1. The van der Waals surface area contributed by atoms with Gasteiger partial charge in [0.1, 0.15) is 0 Å². The number of alkyl halides is 12. The van der Waals surface area contributed by atoms with E-state index >= 15 is 0 Å². The van der Waals surface area contributed by atoms with Gasteiger partial charge in [-0.05, 0) is 86.1 Å². The first-order valence-corrected chi connectivity index (χ1v) is 27.4. The third-order valence-corrected chi connectivity index (χ3v) is 9.36. The molecule has 0 aliphatic rings. The molecule has 0 fully saturated rings. The summed E-state index contributed by atoms with van der Waals surface area (Å²) in [5.41, 5.74) is -1.27. The Morgan fingerprint density at radius 1 is 0.500 bits per heavy atom. The van der Waals surface area contributed by atoms with Gasteiger partial charge in [0.15, 0.2) is 0 Å². The second kappa shape index (κ2) is 21.7. The fraction of sp³-hybridized carbons (Fsp3) is 0.348. The molecule has 0 aromatic heterocycles. The van der Waals surface area contributed by atoms with Gasteiger partial charge in [0.25, 0.3) is 0 Å². The molecule has 0 heterocycles. The van der Waals surface area contributed by atoms with Crippen LogP contribution in [0.3, 0.4) is 0 Å². The van der Waals surface area contributed by atoms with Crippen molar-refractivity contribution in [2.45, 2.75) is 92.2 Å². The van der Waals surface area contributed by atoms with Gasteiger partial charge >= 0.3 is 62.6 Å². The average molecular weight is 1020 g/mol. The Morgan fingerprint density at radius 2 is 0.758 bits per heavy atom. The van der Waals surface area contributed by atoms with E-state index in [-0.39, 0.29) is 23.3 Å². The summed E-state index contributed by atoms with van der Waals surface area (Å²) in [6.07, 6.45) is -17.9. The summed E-state index contributed by atoms with van der Waals surface area (Å²) in [5, 5.41) is 2.95. The molecule has 2 radical (unpaired) electrons. The van der Waals surface area contributed by atoms with E-state index in [0.717, 1.165) is 68.5 Å². The van der Waals surface area contributed by atoms with Crippen molar-refractivity contribution in [1.29, 1.82) is 0 Å². The fourth-order valence-corrected chi connectivity index (χ4v) is 7.05. The van der Waals surface area contributed by atoms with Crippen LogP contribution in [0.1, 0.15) is 72.2 Å². The minimum atomic E-state index is -4.87. The van der Waals surface area contributed by atoms with E-state index in [2.05, 4.69) is 13.1 Å². The van der Waals surface area contributed by atoms with E-state index < -0.39 is 67.8 Å². The molecule has 0 aliphatic carbocycles. The summed E-state index contributed by atoms with van der Waals surface area (Å²) in [4.78, 5) is 0. The van der Waals surface area contributed by atoms with Crippen molar-refractivity contribution in [1.82, 2.24) is 0 Å². The van der Waals surface area contributed by atoms with Crippen LogP contribution in [0.5, 0.6) is 0 Å². The van der Waals surface area contributed by atoms with Gasteiger partial charge in [-0.2, -0.15) is 64.8 Å². The Labute approximate surface area is 375 Å². The number of halogens is 14. The van der Waals surface area contributed by atoms with Crippen LogP contribution in [0.4, 0.5) is 52.7 Å². The van der Waals surface area contributed by atoms with Crippen molar-refractivity contribution >= 4 is 48.1 Å². The summed E-state index contributed by atoms with van der Waals surface area (Å²) in [6, 6.07) is 18.3. The van der Waals surface area contributed by atoms with Gasteiger partial charge in [0.2, 0.25) is 0 Å². The molecule has 16 heteroatoms. The summed E-state index contributed by atoms with van der Waals surface area (Å²) in [7, 11) is 11.0. The SMILES string of the molecule is C[Si]C.Cc1ccc2[cH-]c(CC(C)C)cc2c1-c1cc(C(F)(F)F)cc(C(F)(F)F)c1.Cc1ccc2[cH-]c(CC(C)C)cc2c1-c1cc(C(F)(F)F)cc(C(F)(F)F)c1.[Cl][Zr+2][Cl]. The van der Waals surface area contributed by atoms with E-state index in [1.54, 1.807) is 26.0 Å². The predicted molar refractivity (Wildman–Crippen MR) is 226 cm³/mol. The molecule has 0 N–H and O–H groups in total. The molecule has 6 aromatic rings. The van der Waals surface area contributed by atoms with Crippen LogP contribution in [0.15, 0.2) is 84.9 Å². The molecule has 334 valence electrons. The molecule has 0 aliphatic heterocycles. The third-order valence-electron chi connectivity index (χ3n) is 9.36. The van der Waals surface area contributed by atoms with E-state index in [0.29, 0.717) is 44.9 Å². The number of benzene rings is 4. The van der Waals surface area contributed by atoms with Crippen molar-refractivity contribution in [3.05, 3.63) is 129 Å². The Morgan fingerprint density at radius 3 is 0.984 bits per heavy atom. The predicted octanol–water partition coefficient (Wildman–Crippen LogP) is 17.7. The molecule has 0 unspecified atom stereocenters. The standard InChI is InChI=1S/2C22H19F6.C2H6Si.2ClH.Zr/c2*1-12(2)6-14-7-15-5-4-13(3)20(19(15)8-14)16-9-17(21(23,24)25)11-18(10-16)22(26,27)28;1-3-2;;;/h2*4-5,7-12H,6H2,1-3H3;1-2H3;2*1H;/q2*-1;;;;+4/p-2. The third kappa shape index (κ3) is 14.5.